The molecular formula is C15H25N3O. The van der Waals surface area contributed by atoms with Crippen molar-refractivity contribution in [3.63, 3.8) is 0 Å². The fourth-order valence-corrected chi connectivity index (χ4v) is 3.13. The Kier molecular flexibility index (Phi) is 4.75. The van der Waals surface area contributed by atoms with Crippen molar-refractivity contribution < 1.29 is 4.79 Å². The van der Waals surface area contributed by atoms with E-state index in [0.717, 1.165) is 38.1 Å². The van der Waals surface area contributed by atoms with Crippen LogP contribution in [0.5, 0.6) is 0 Å². The first-order chi connectivity index (χ1) is 9.22. The summed E-state index contributed by atoms with van der Waals surface area (Å²) in [6.45, 7) is 3.41. The fraction of sp³-hybridized carbons (Fsp3) is 0.733. The van der Waals surface area contributed by atoms with Gasteiger partial charge in [-0.2, -0.15) is 0 Å². The summed E-state index contributed by atoms with van der Waals surface area (Å²) in [5.74, 6) is 1.17. The van der Waals surface area contributed by atoms with Gasteiger partial charge in [0.1, 0.15) is 11.6 Å². The van der Waals surface area contributed by atoms with Crippen LogP contribution >= 0.6 is 0 Å². The maximum atomic E-state index is 12.7. The molecule has 4 nitrogen and oxygen atoms in total. The molecule has 0 saturated heterocycles. The van der Waals surface area contributed by atoms with Crippen LogP contribution in [-0.4, -0.2) is 21.9 Å². The maximum absolute atomic E-state index is 12.7. The van der Waals surface area contributed by atoms with Gasteiger partial charge < -0.3 is 10.3 Å². The summed E-state index contributed by atoms with van der Waals surface area (Å²) in [6.07, 6.45) is 10.8. The molecule has 1 aromatic rings. The number of nitrogens with two attached hydrogens (primary N) is 1. The van der Waals surface area contributed by atoms with Gasteiger partial charge in [-0.1, -0.05) is 25.7 Å². The zero-order valence-corrected chi connectivity index (χ0v) is 11.9. The number of carbonyl (C=O) groups is 1. The van der Waals surface area contributed by atoms with Crippen LogP contribution in [0.2, 0.25) is 0 Å². The van der Waals surface area contributed by atoms with Crippen molar-refractivity contribution in [3.8, 4) is 0 Å². The first-order valence-electron chi connectivity index (χ1n) is 7.45. The molecule has 1 aromatic heterocycles. The SMILES string of the molecule is CCn1ccnc1CC(=O)C1(CN)CCCCCC1. The van der Waals surface area contributed by atoms with E-state index in [1.54, 1.807) is 6.20 Å². The first-order valence-corrected chi connectivity index (χ1v) is 7.45. The van der Waals surface area contributed by atoms with Crippen molar-refractivity contribution in [2.45, 2.75) is 58.4 Å². The average Bonchev–Trinajstić information content (AvgIpc) is 2.73. The Bertz CT molecular complexity index is 417. The third kappa shape index (κ3) is 3.06. The Morgan fingerprint density at radius 1 is 1.37 bits per heavy atom. The summed E-state index contributed by atoms with van der Waals surface area (Å²) in [4.78, 5) is 17.0. The summed E-state index contributed by atoms with van der Waals surface area (Å²) < 4.78 is 2.04. The van der Waals surface area contributed by atoms with Gasteiger partial charge in [0.2, 0.25) is 0 Å². The van der Waals surface area contributed by atoms with E-state index in [1.165, 1.54) is 12.8 Å². The molecule has 1 fully saturated rings. The number of ketones is 1. The van der Waals surface area contributed by atoms with Crippen LogP contribution in [0.15, 0.2) is 12.4 Å². The smallest absolute Gasteiger partial charge is 0.147 e. The van der Waals surface area contributed by atoms with Crippen molar-refractivity contribution in [1.82, 2.24) is 9.55 Å². The largest absolute Gasteiger partial charge is 0.335 e. The Balaban J connectivity index is 2.12. The number of imidazole rings is 1. The maximum Gasteiger partial charge on any atom is 0.147 e. The lowest BCUT2D eigenvalue weighted by molar-refractivity contribution is -0.128. The lowest BCUT2D eigenvalue weighted by atomic mass is 9.75. The van der Waals surface area contributed by atoms with E-state index >= 15 is 0 Å². The molecule has 1 saturated carbocycles. The lowest BCUT2D eigenvalue weighted by Gasteiger charge is -2.29. The first kappa shape index (κ1) is 14.3. The second-order valence-corrected chi connectivity index (χ2v) is 5.63. The van der Waals surface area contributed by atoms with E-state index in [1.807, 2.05) is 10.8 Å². The van der Waals surface area contributed by atoms with Gasteiger partial charge in [-0.3, -0.25) is 4.79 Å². The number of hydrogen-bond acceptors (Lipinski definition) is 3. The van der Waals surface area contributed by atoms with Crippen LogP contribution in [0.3, 0.4) is 0 Å². The molecular weight excluding hydrogens is 238 g/mol. The predicted molar refractivity (Wildman–Crippen MR) is 75.8 cm³/mol. The molecule has 0 atom stereocenters. The van der Waals surface area contributed by atoms with Crippen LogP contribution in [0.25, 0.3) is 0 Å². The number of aromatic nitrogens is 2. The van der Waals surface area contributed by atoms with Gasteiger partial charge in [-0.15, -0.1) is 0 Å². The standard InChI is InChI=1S/C15H25N3O/c1-2-18-10-9-17-14(18)11-13(19)15(12-16)7-5-3-4-6-8-15/h9-10H,2-8,11-12,16H2,1H3. The molecule has 1 aliphatic rings. The van der Waals surface area contributed by atoms with Crippen LogP contribution in [0.4, 0.5) is 0 Å². The van der Waals surface area contributed by atoms with Gasteiger partial charge in [0.15, 0.2) is 0 Å². The summed E-state index contributed by atoms with van der Waals surface area (Å²) in [7, 11) is 0. The summed E-state index contributed by atoms with van der Waals surface area (Å²) in [5, 5.41) is 0. The molecule has 1 heterocycles. The molecule has 19 heavy (non-hydrogen) atoms. The molecule has 0 unspecified atom stereocenters. The molecule has 0 spiro atoms. The van der Waals surface area contributed by atoms with Crippen molar-refractivity contribution in [2.24, 2.45) is 11.1 Å². The highest BCUT2D eigenvalue weighted by Crippen LogP contribution is 2.35. The summed E-state index contributed by atoms with van der Waals surface area (Å²) in [5.41, 5.74) is 5.67. The van der Waals surface area contributed by atoms with Crippen molar-refractivity contribution in [3.05, 3.63) is 18.2 Å². The molecule has 4 heteroatoms. The van der Waals surface area contributed by atoms with E-state index in [9.17, 15) is 4.79 Å². The van der Waals surface area contributed by atoms with Crippen LogP contribution in [0.1, 0.15) is 51.3 Å². The highest BCUT2D eigenvalue weighted by Gasteiger charge is 2.37. The van der Waals surface area contributed by atoms with Gasteiger partial charge in [0, 0.05) is 30.9 Å². The normalized spacial score (nSPS) is 19.1. The molecule has 0 amide bonds. The highest BCUT2D eigenvalue weighted by atomic mass is 16.1. The molecule has 2 rings (SSSR count). The molecule has 1 aliphatic carbocycles. The van der Waals surface area contributed by atoms with E-state index in [0.29, 0.717) is 13.0 Å². The Morgan fingerprint density at radius 3 is 2.63 bits per heavy atom. The zero-order chi connectivity index (χ0) is 13.7. The van der Waals surface area contributed by atoms with Crippen LogP contribution < -0.4 is 5.73 Å². The minimum Gasteiger partial charge on any atom is -0.335 e. The predicted octanol–water partition coefficient (Wildman–Crippen LogP) is 2.31. The van der Waals surface area contributed by atoms with Gasteiger partial charge in [-0.25, -0.2) is 4.98 Å². The third-order valence-corrected chi connectivity index (χ3v) is 4.50. The van der Waals surface area contributed by atoms with E-state index in [4.69, 9.17) is 5.73 Å². The minimum atomic E-state index is -0.291. The van der Waals surface area contributed by atoms with Gasteiger partial charge in [0.05, 0.1) is 6.42 Å². The van der Waals surface area contributed by atoms with E-state index in [2.05, 4.69) is 11.9 Å². The minimum absolute atomic E-state index is 0.290. The van der Waals surface area contributed by atoms with Gasteiger partial charge in [-0.05, 0) is 19.8 Å². The number of rotatable bonds is 5. The van der Waals surface area contributed by atoms with Gasteiger partial charge >= 0.3 is 0 Å². The second kappa shape index (κ2) is 6.33. The number of Topliss-reactive ketones (excluding diaryl/α,β-unsaturated/α-hetero) is 1. The van der Waals surface area contributed by atoms with Crippen LogP contribution in [0, 0.1) is 5.41 Å². The Labute approximate surface area is 115 Å². The van der Waals surface area contributed by atoms with Gasteiger partial charge in [0.25, 0.3) is 0 Å². The number of nitrogens with zero attached hydrogens (tertiary/aromatic N) is 2. The van der Waals surface area contributed by atoms with Crippen molar-refractivity contribution >= 4 is 5.78 Å². The quantitative estimate of drug-likeness (QED) is 0.829. The number of carbonyl (C=O) groups excluding carboxylic acids is 1. The Morgan fingerprint density at radius 2 is 2.05 bits per heavy atom. The number of hydrogen-bond donors (Lipinski definition) is 1. The molecule has 2 N–H and O–H groups in total. The topological polar surface area (TPSA) is 60.9 Å². The number of aryl methyl sites for hydroxylation is 1. The summed E-state index contributed by atoms with van der Waals surface area (Å²) >= 11 is 0. The molecule has 0 radical (unpaired) electrons. The zero-order valence-electron chi connectivity index (χ0n) is 11.9. The highest BCUT2D eigenvalue weighted by molar-refractivity contribution is 5.86. The molecule has 0 aromatic carbocycles. The van der Waals surface area contributed by atoms with Crippen molar-refractivity contribution in [2.75, 3.05) is 6.54 Å². The van der Waals surface area contributed by atoms with Crippen molar-refractivity contribution in [1.29, 1.82) is 0 Å². The van der Waals surface area contributed by atoms with E-state index < -0.39 is 0 Å². The molecule has 106 valence electrons. The average molecular weight is 263 g/mol. The van der Waals surface area contributed by atoms with E-state index in [-0.39, 0.29) is 11.2 Å². The summed E-state index contributed by atoms with van der Waals surface area (Å²) in [6, 6.07) is 0. The van der Waals surface area contributed by atoms with Crippen LogP contribution in [-0.2, 0) is 17.8 Å². The monoisotopic (exact) mass is 263 g/mol. The Hall–Kier alpha value is -1.16. The second-order valence-electron chi connectivity index (χ2n) is 5.63. The fourth-order valence-electron chi connectivity index (χ4n) is 3.13. The molecule has 0 bridgehead atoms. The third-order valence-electron chi connectivity index (χ3n) is 4.50. The lowest BCUT2D eigenvalue weighted by Crippen LogP contribution is -2.39. The molecule has 0 aliphatic heterocycles.